The first-order valence-electron chi connectivity index (χ1n) is 14.0. The van der Waals surface area contributed by atoms with E-state index in [1.807, 2.05) is 54.6 Å². The second kappa shape index (κ2) is 15.9. The highest BCUT2D eigenvalue weighted by atomic mass is 32.1. The Hall–Kier alpha value is -5.94. The predicted octanol–water partition coefficient (Wildman–Crippen LogP) is 7.55. The van der Waals surface area contributed by atoms with Crippen molar-refractivity contribution in [2.45, 2.75) is 20.3 Å². The highest BCUT2D eigenvalue weighted by Crippen LogP contribution is 2.26. The molecule has 47 heavy (non-hydrogen) atoms. The quantitative estimate of drug-likeness (QED) is 0.148. The zero-order chi connectivity index (χ0) is 32.5. The van der Waals surface area contributed by atoms with Crippen molar-refractivity contribution in [3.63, 3.8) is 0 Å². The molecule has 1 aliphatic rings. The first kappa shape index (κ1) is 33.9. The minimum absolute atomic E-state index is 0. The van der Waals surface area contributed by atoms with Crippen molar-refractivity contribution < 1.29 is 29.4 Å². The van der Waals surface area contributed by atoms with Gasteiger partial charge in [0.2, 0.25) is 0 Å². The van der Waals surface area contributed by atoms with Gasteiger partial charge in [-0.15, -0.1) is 16.5 Å². The van der Waals surface area contributed by atoms with Gasteiger partial charge in [-0.1, -0.05) is 98.4 Å². The molecule has 2 N–H and O–H groups in total. The molecule has 0 bridgehead atoms. The number of carbonyl (C=O) groups excluding carboxylic acids is 2. The van der Waals surface area contributed by atoms with Crippen molar-refractivity contribution >= 4 is 40.7 Å². The van der Waals surface area contributed by atoms with Gasteiger partial charge in [-0.25, -0.2) is 19.6 Å². The molecule has 0 spiro atoms. The normalized spacial score (nSPS) is 11.4. The number of hydrogen-bond acceptors (Lipinski definition) is 9. The van der Waals surface area contributed by atoms with E-state index in [2.05, 4.69) is 20.2 Å². The van der Waals surface area contributed by atoms with Crippen LogP contribution in [0.5, 0.6) is 0 Å². The van der Waals surface area contributed by atoms with E-state index in [1.165, 1.54) is 29.5 Å². The smallest absolute Gasteiger partial charge is 0.336 e. The Morgan fingerprint density at radius 2 is 1.17 bits per heavy atom. The molecule has 5 aromatic rings. The van der Waals surface area contributed by atoms with E-state index < -0.39 is 11.9 Å². The summed E-state index contributed by atoms with van der Waals surface area (Å²) in [4.78, 5) is 56.4. The van der Waals surface area contributed by atoms with E-state index in [4.69, 9.17) is 5.11 Å². The molecule has 1 aliphatic heterocycles. The second-order valence-electron chi connectivity index (χ2n) is 9.96. The number of rotatable bonds is 10. The number of aromatic carboxylic acids is 2. The molecule has 10 nitrogen and oxygen atoms in total. The molecule has 2 heterocycles. The zero-order valence-electron chi connectivity index (χ0n) is 24.2. The largest absolute Gasteiger partial charge is 0.478 e. The van der Waals surface area contributed by atoms with Gasteiger partial charge in [-0.2, -0.15) is 5.11 Å². The topological polar surface area (TPSA) is 159 Å². The number of carboxylic acid groups (broad SMARTS) is 2. The number of aromatic nitrogens is 1. The fourth-order valence-electron chi connectivity index (χ4n) is 4.61. The Morgan fingerprint density at radius 1 is 0.638 bits per heavy atom. The molecule has 0 amide bonds. The molecular weight excluding hydrogens is 616 g/mol. The third-order valence-corrected chi connectivity index (χ3v) is 7.90. The van der Waals surface area contributed by atoms with Crippen LogP contribution in [0.15, 0.2) is 125 Å². The summed E-state index contributed by atoms with van der Waals surface area (Å²) >= 11 is 1.44. The molecule has 0 saturated heterocycles. The molecule has 6 rings (SSSR count). The van der Waals surface area contributed by atoms with E-state index in [0.29, 0.717) is 12.5 Å². The van der Waals surface area contributed by atoms with E-state index in [0.717, 1.165) is 26.6 Å². The Morgan fingerprint density at radius 3 is 1.70 bits per heavy atom. The Balaban J connectivity index is 0.000000208. The number of hydrogen-bond donors (Lipinski definition) is 2. The van der Waals surface area contributed by atoms with Gasteiger partial charge in [-0.3, -0.25) is 9.59 Å². The maximum Gasteiger partial charge on any atom is 0.336 e. The fraction of sp³-hybridized carbons (Fsp3) is 0.111. The first-order valence-corrected chi connectivity index (χ1v) is 14.8. The molecule has 0 fully saturated rings. The highest BCUT2D eigenvalue weighted by Gasteiger charge is 2.18. The molecule has 236 valence electrons. The number of azo groups is 1. The molecule has 0 saturated carbocycles. The van der Waals surface area contributed by atoms with Gasteiger partial charge in [0.25, 0.3) is 0 Å². The third kappa shape index (κ3) is 8.62. The van der Waals surface area contributed by atoms with Gasteiger partial charge in [0.1, 0.15) is 5.01 Å². The number of carbonyl (C=O) groups is 4. The maximum absolute atomic E-state index is 12.4. The molecule has 4 aromatic carbocycles. The minimum atomic E-state index is -1.10. The van der Waals surface area contributed by atoms with Crippen LogP contribution in [0.3, 0.4) is 0 Å². The Labute approximate surface area is 274 Å². The fourth-order valence-corrected chi connectivity index (χ4v) is 5.53. The van der Waals surface area contributed by atoms with Crippen LogP contribution in [0.25, 0.3) is 10.6 Å². The summed E-state index contributed by atoms with van der Waals surface area (Å²) in [6.45, 7) is 0.349. The molecule has 0 atom stereocenters. The van der Waals surface area contributed by atoms with Crippen molar-refractivity contribution in [3.8, 4) is 10.6 Å². The Bertz CT molecular complexity index is 1970. The summed E-state index contributed by atoms with van der Waals surface area (Å²) in [6.07, 6.45) is 1.96. The lowest BCUT2D eigenvalue weighted by Gasteiger charge is -2.06. The van der Waals surface area contributed by atoms with Crippen LogP contribution >= 0.6 is 11.3 Å². The summed E-state index contributed by atoms with van der Waals surface area (Å²) in [5.74, 6) is -2.06. The monoisotopic (exact) mass is 646 g/mol. The highest BCUT2D eigenvalue weighted by molar-refractivity contribution is 7.15. The van der Waals surface area contributed by atoms with Gasteiger partial charge in [0.05, 0.1) is 11.1 Å². The predicted molar refractivity (Wildman–Crippen MR) is 180 cm³/mol. The number of amidine groups is 1. The minimum Gasteiger partial charge on any atom is -0.478 e. The number of nitrogens with zero attached hydrogens (tertiary/aromatic N) is 4. The van der Waals surface area contributed by atoms with E-state index in [1.54, 1.807) is 36.5 Å². The molecule has 0 radical (unpaired) electrons. The molecule has 0 unspecified atom stereocenters. The van der Waals surface area contributed by atoms with Crippen LogP contribution in [0, 0.1) is 0 Å². The third-order valence-electron chi connectivity index (χ3n) is 6.85. The lowest BCUT2D eigenvalue weighted by atomic mass is 9.98. The van der Waals surface area contributed by atoms with Gasteiger partial charge < -0.3 is 10.2 Å². The maximum atomic E-state index is 12.4. The molecular formula is C36H30N4O6S. The van der Waals surface area contributed by atoms with Crippen molar-refractivity contribution in [2.75, 3.05) is 6.67 Å². The van der Waals surface area contributed by atoms with Gasteiger partial charge in [-0.05, 0) is 17.7 Å². The van der Waals surface area contributed by atoms with Crippen LogP contribution in [-0.4, -0.2) is 51.2 Å². The lowest BCUT2D eigenvalue weighted by Crippen LogP contribution is -2.10. The van der Waals surface area contributed by atoms with E-state index in [9.17, 15) is 24.3 Å². The summed E-state index contributed by atoms with van der Waals surface area (Å²) < 4.78 is 0. The summed E-state index contributed by atoms with van der Waals surface area (Å²) in [5.41, 5.74) is 3.15. The Kier molecular flexibility index (Phi) is 11.5. The number of carboxylic acids is 2. The lowest BCUT2D eigenvalue weighted by molar-refractivity contribution is 0.0683. The van der Waals surface area contributed by atoms with Crippen molar-refractivity contribution in [1.82, 2.24) is 4.98 Å². The van der Waals surface area contributed by atoms with Crippen molar-refractivity contribution in [1.29, 1.82) is 0 Å². The van der Waals surface area contributed by atoms with Crippen LogP contribution in [-0.2, 0) is 12.8 Å². The van der Waals surface area contributed by atoms with Gasteiger partial charge >= 0.3 is 11.9 Å². The SMILES string of the molecule is C.O=C(O)c1ccccc1C(=O)Cc1ccc(C2=NCN=N2)cc1.O=C(O)c1ccccc1C(=O)Cc1cnc(-c2ccccc2)s1. The van der Waals surface area contributed by atoms with Crippen LogP contribution in [0.1, 0.15) is 64.9 Å². The standard InChI is InChI=1S/C18H13NO3S.C17H13N3O3.CH4/c20-16(14-8-4-5-9-15(14)18(21)22)10-13-11-19-17(23-13)12-6-2-1-3-7-12;21-15(13-3-1-2-4-14(13)17(22)23)9-11-5-7-12(8-6-11)16-18-10-19-20-16;/h1-9,11H,10H2,(H,21,22);1-8H,9-10H2,(H,22,23);1H4. The average molecular weight is 647 g/mol. The molecule has 1 aromatic heterocycles. The summed E-state index contributed by atoms with van der Waals surface area (Å²) in [5, 5.41) is 26.9. The van der Waals surface area contributed by atoms with Crippen LogP contribution in [0.4, 0.5) is 0 Å². The average Bonchev–Trinajstić information content (AvgIpc) is 3.79. The number of aliphatic imine (C=N–C) groups is 1. The zero-order valence-corrected chi connectivity index (χ0v) is 25.1. The summed E-state index contributed by atoms with van der Waals surface area (Å²) in [6, 6.07) is 29.5. The van der Waals surface area contributed by atoms with Gasteiger partial charge in [0.15, 0.2) is 24.1 Å². The number of thiazole rings is 1. The van der Waals surface area contributed by atoms with Crippen molar-refractivity contribution in [2.24, 2.45) is 15.2 Å². The first-order chi connectivity index (χ1) is 22.3. The van der Waals surface area contributed by atoms with Crippen LogP contribution < -0.4 is 0 Å². The number of ketones is 2. The molecule has 11 heteroatoms. The second-order valence-corrected chi connectivity index (χ2v) is 11.1. The van der Waals surface area contributed by atoms with Gasteiger partial charge in [0, 0.05) is 46.2 Å². The summed E-state index contributed by atoms with van der Waals surface area (Å²) in [7, 11) is 0. The van der Waals surface area contributed by atoms with Crippen molar-refractivity contribution in [3.05, 3.63) is 148 Å². The van der Waals surface area contributed by atoms with E-state index in [-0.39, 0.29) is 54.1 Å². The number of Topliss-reactive ketones (excluding diaryl/α,β-unsaturated/α-hetero) is 2. The number of benzene rings is 4. The molecule has 0 aliphatic carbocycles. The van der Waals surface area contributed by atoms with Crippen LogP contribution in [0.2, 0.25) is 0 Å². The van der Waals surface area contributed by atoms with E-state index >= 15 is 0 Å².